The summed E-state index contributed by atoms with van der Waals surface area (Å²) in [5.41, 5.74) is 16.2. The highest BCUT2D eigenvalue weighted by molar-refractivity contribution is 5.98. The molecule has 0 aromatic carbocycles. The van der Waals surface area contributed by atoms with Crippen molar-refractivity contribution in [2.24, 2.45) is 17.2 Å². The van der Waals surface area contributed by atoms with Gasteiger partial charge in [0.1, 0.15) is 5.66 Å². The van der Waals surface area contributed by atoms with Crippen LogP contribution in [0.3, 0.4) is 0 Å². The van der Waals surface area contributed by atoms with Crippen molar-refractivity contribution in [1.29, 1.82) is 0 Å². The van der Waals surface area contributed by atoms with E-state index in [9.17, 15) is 0 Å². The predicted molar refractivity (Wildman–Crippen MR) is 63.3 cm³/mol. The van der Waals surface area contributed by atoms with E-state index < -0.39 is 23.8 Å². The van der Waals surface area contributed by atoms with Gasteiger partial charge in [0.15, 0.2) is 16.6 Å². The second-order valence-corrected chi connectivity index (χ2v) is 4.03. The molecule has 16 heavy (non-hydrogen) atoms. The fourth-order valence-electron chi connectivity index (χ4n) is 1.46. The smallest absolute Gasteiger partial charge is 0.303 e. The molecule has 0 bridgehead atoms. The summed E-state index contributed by atoms with van der Waals surface area (Å²) in [6, 6.07) is -0.529. The van der Waals surface area contributed by atoms with Crippen LogP contribution in [0.4, 0.5) is 0 Å². The van der Waals surface area contributed by atoms with Gasteiger partial charge in [0, 0.05) is 27.4 Å². The summed E-state index contributed by atoms with van der Waals surface area (Å²) in [5.74, 6) is -1.43. The maximum Gasteiger partial charge on any atom is 0.303 e. The number of ether oxygens (including phenoxy) is 3. The van der Waals surface area contributed by atoms with E-state index in [1.165, 1.54) is 21.3 Å². The Labute approximate surface area is 99.1 Å². The molecule has 0 heterocycles. The molecule has 0 fully saturated rings. The van der Waals surface area contributed by atoms with Crippen LogP contribution in [-0.2, 0) is 18.6 Å². The molecular weight excluding hydrogens is 230 g/mol. The van der Waals surface area contributed by atoms with Crippen LogP contribution in [0.2, 0.25) is 0 Å². The zero-order valence-electron chi connectivity index (χ0n) is 10.5. The van der Waals surface area contributed by atoms with Gasteiger partial charge in [-0.3, -0.25) is 0 Å². The first-order valence-corrected chi connectivity index (χ1v) is 5.65. The maximum absolute atomic E-state index is 5.93. The van der Waals surface area contributed by atoms with Gasteiger partial charge in [-0.1, -0.05) is 0 Å². The molecule has 2 atom stereocenters. The Morgan fingerprint density at radius 2 is 1.56 bits per heavy atom. The average molecular weight is 253 g/mol. The van der Waals surface area contributed by atoms with Crippen LogP contribution in [-0.4, -0.2) is 55.6 Å². The lowest BCUT2D eigenvalue weighted by Crippen LogP contribution is -2.75. The highest BCUT2D eigenvalue weighted by Gasteiger charge is 2.51. The lowest BCUT2D eigenvalue weighted by atomic mass is 9.95. The van der Waals surface area contributed by atoms with Crippen LogP contribution in [0.25, 0.3) is 0 Å². The lowest BCUT2D eigenvalue weighted by molar-refractivity contribution is -0.375. The molecule has 0 radical (unpaired) electrons. The van der Waals surface area contributed by atoms with Crippen LogP contribution in [0, 0.1) is 0 Å². The van der Waals surface area contributed by atoms with Gasteiger partial charge >= 0.3 is 5.97 Å². The minimum atomic E-state index is -1.43. The summed E-state index contributed by atoms with van der Waals surface area (Å²) in [6.07, 6.45) is -0.854. The first-order valence-electron chi connectivity index (χ1n) is 4.84. The van der Waals surface area contributed by atoms with Crippen molar-refractivity contribution >= 4 is 10.5 Å². The van der Waals surface area contributed by atoms with E-state index in [-0.39, 0.29) is 0 Å². The quantitative estimate of drug-likeness (QED) is 0.332. The van der Waals surface area contributed by atoms with Gasteiger partial charge in [0.25, 0.3) is 0 Å². The van der Waals surface area contributed by atoms with E-state index in [0.717, 1.165) is 0 Å². The number of hydrogen-bond acceptors (Lipinski definition) is 7. The third-order valence-corrected chi connectivity index (χ3v) is 3.22. The third-order valence-electron chi connectivity index (χ3n) is 2.65. The molecule has 0 aromatic rings. The molecule has 0 aliphatic rings. The van der Waals surface area contributed by atoms with Crippen LogP contribution in [0.1, 0.15) is 6.92 Å². The van der Waals surface area contributed by atoms with Gasteiger partial charge in [-0.2, -0.15) is 0 Å². The Bertz CT molecular complexity index is 203. The summed E-state index contributed by atoms with van der Waals surface area (Å²) < 4.78 is 20.9. The average Bonchev–Trinajstić information content (AvgIpc) is 2.25. The summed E-state index contributed by atoms with van der Waals surface area (Å²) in [5, 5.41) is 0. The second-order valence-electron chi connectivity index (χ2n) is 3.62. The molecule has 0 rings (SSSR count). The Balaban J connectivity index is 5.23. The molecule has 0 aliphatic heterocycles. The van der Waals surface area contributed by atoms with Crippen molar-refractivity contribution in [2.45, 2.75) is 30.7 Å². The fourth-order valence-corrected chi connectivity index (χ4v) is 2.01. The van der Waals surface area contributed by atoms with Gasteiger partial charge < -0.3 is 35.8 Å². The zero-order chi connectivity index (χ0) is 13.0. The minimum absolute atomic E-state index is 0.365. The number of methoxy groups -OCH3 is 3. The van der Waals surface area contributed by atoms with Crippen molar-refractivity contribution in [3.8, 4) is 0 Å². The summed E-state index contributed by atoms with van der Waals surface area (Å²) >= 11 is 0. The minimum Gasteiger partial charge on any atom is -0.378 e. The van der Waals surface area contributed by atoms with Crippen LogP contribution < -0.4 is 17.2 Å². The topological polar surface area (TPSA) is 115 Å². The van der Waals surface area contributed by atoms with Crippen molar-refractivity contribution in [3.05, 3.63) is 0 Å². The molecule has 2 unspecified atom stereocenters. The second kappa shape index (κ2) is 6.03. The van der Waals surface area contributed by atoms with Crippen LogP contribution >= 0.6 is 0 Å². The molecule has 8 heteroatoms. The van der Waals surface area contributed by atoms with Crippen molar-refractivity contribution in [1.82, 2.24) is 0 Å². The molecule has 0 spiro atoms. The van der Waals surface area contributed by atoms with Gasteiger partial charge in [-0.15, -0.1) is 0 Å². The molecule has 6 N–H and O–H groups in total. The number of hydrogen-bond donors (Lipinski definition) is 3. The molecule has 98 valence electrons. The fraction of sp³-hybridized carbons (Fsp3) is 1.00. The van der Waals surface area contributed by atoms with Gasteiger partial charge in [0.2, 0.25) is 0 Å². The monoisotopic (exact) mass is 253 g/mol. The highest BCUT2D eigenvalue weighted by atomic mass is 28.2. The van der Waals surface area contributed by atoms with Crippen LogP contribution in [0.15, 0.2) is 0 Å². The molecule has 0 saturated heterocycles. The van der Waals surface area contributed by atoms with Crippen molar-refractivity contribution < 1.29 is 18.6 Å². The van der Waals surface area contributed by atoms with Gasteiger partial charge in [0.05, 0.1) is 0 Å². The molecule has 0 saturated carbocycles. The van der Waals surface area contributed by atoms with E-state index in [1.807, 2.05) is 0 Å². The maximum atomic E-state index is 5.93. The van der Waals surface area contributed by atoms with Gasteiger partial charge in [-0.05, 0) is 6.92 Å². The Morgan fingerprint density at radius 1 is 1.12 bits per heavy atom. The number of rotatable bonds is 7. The highest BCUT2D eigenvalue weighted by Crippen LogP contribution is 2.26. The first-order chi connectivity index (χ1) is 7.32. The Morgan fingerprint density at radius 3 is 1.75 bits per heavy atom. The largest absolute Gasteiger partial charge is 0.378 e. The van der Waals surface area contributed by atoms with Crippen molar-refractivity contribution in [3.63, 3.8) is 0 Å². The zero-order valence-corrected chi connectivity index (χ0v) is 12.5. The molecule has 0 aromatic heterocycles. The van der Waals surface area contributed by atoms with E-state index in [0.29, 0.717) is 10.5 Å². The first kappa shape index (κ1) is 15.9. The van der Waals surface area contributed by atoms with E-state index in [1.54, 1.807) is 6.92 Å². The molecule has 7 nitrogen and oxygen atoms in total. The standard InChI is InChI=1S/C8H23N3O4Si/c1-5(9)7(10,11)6(12-2)8(13-3,14-4)15-16/h5-6H,9-11H2,1-4,16H3. The Kier molecular flexibility index (Phi) is 6.01. The van der Waals surface area contributed by atoms with Crippen LogP contribution in [0.5, 0.6) is 0 Å². The molecular formula is C8H23N3O4Si. The molecule has 0 amide bonds. The van der Waals surface area contributed by atoms with Gasteiger partial charge in [-0.25, -0.2) is 0 Å². The SMILES string of the molecule is COC(C(OC)(OC)O[SiH3])C(N)(N)C(C)N. The van der Waals surface area contributed by atoms with E-state index in [2.05, 4.69) is 0 Å². The van der Waals surface area contributed by atoms with E-state index >= 15 is 0 Å². The van der Waals surface area contributed by atoms with Crippen molar-refractivity contribution in [2.75, 3.05) is 21.3 Å². The number of nitrogens with two attached hydrogens (primary N) is 3. The summed E-state index contributed by atoms with van der Waals surface area (Å²) in [7, 11) is 4.65. The van der Waals surface area contributed by atoms with E-state index in [4.69, 9.17) is 35.8 Å². The predicted octanol–water partition coefficient (Wildman–Crippen LogP) is -2.79. The Hall–Kier alpha value is -0.0631. The molecule has 0 aliphatic carbocycles. The normalized spacial score (nSPS) is 17.4. The third kappa shape index (κ3) is 2.79. The lowest BCUT2D eigenvalue weighted by Gasteiger charge is -2.44. The summed E-state index contributed by atoms with van der Waals surface area (Å²) in [6.45, 7) is 1.68. The summed E-state index contributed by atoms with van der Waals surface area (Å²) in [4.78, 5) is 0.